The number of aromatic nitrogens is 1. The molecule has 0 radical (unpaired) electrons. The molecule has 43 heavy (non-hydrogen) atoms. The van der Waals surface area contributed by atoms with E-state index in [0.717, 1.165) is 26.9 Å². The number of urea groups is 1. The van der Waals surface area contributed by atoms with Crippen molar-refractivity contribution >= 4 is 45.1 Å². The number of piperazine rings is 1. The average Bonchev–Trinajstić information content (AvgIpc) is 3.50. The first-order chi connectivity index (χ1) is 20.9. The first-order valence-electron chi connectivity index (χ1n) is 14.1. The molecule has 2 fully saturated rings. The van der Waals surface area contributed by atoms with Crippen LogP contribution in [0.15, 0.2) is 91.0 Å². The first-order valence-corrected chi connectivity index (χ1v) is 15.0. The van der Waals surface area contributed by atoms with Gasteiger partial charge < -0.3 is 20.9 Å². The maximum absolute atomic E-state index is 14.2. The number of thiazole rings is 1. The van der Waals surface area contributed by atoms with Crippen LogP contribution in [0, 0.1) is 0 Å². The summed E-state index contributed by atoms with van der Waals surface area (Å²) in [6.07, 6.45) is 1.24. The average molecular weight is 596 g/mol. The van der Waals surface area contributed by atoms with E-state index in [1.165, 1.54) is 0 Å². The summed E-state index contributed by atoms with van der Waals surface area (Å²) in [6, 6.07) is 21.7. The van der Waals surface area contributed by atoms with Crippen LogP contribution in [-0.2, 0) is 29.1 Å². The van der Waals surface area contributed by atoms with E-state index in [0.29, 0.717) is 31.7 Å². The normalized spacial score (nSPS) is 19.0. The van der Waals surface area contributed by atoms with Crippen LogP contribution in [0.2, 0.25) is 0 Å². The Bertz CT molecular complexity index is 1640. The summed E-state index contributed by atoms with van der Waals surface area (Å²) in [5, 5.41) is 6.31. The van der Waals surface area contributed by atoms with Crippen LogP contribution >= 0.6 is 11.3 Å². The number of rotatable bonds is 8. The lowest BCUT2D eigenvalue weighted by Crippen LogP contribution is -2.76. The summed E-state index contributed by atoms with van der Waals surface area (Å²) < 4.78 is 1.04. The van der Waals surface area contributed by atoms with E-state index in [-0.39, 0.29) is 30.9 Å². The molecule has 220 valence electrons. The Morgan fingerprint density at radius 3 is 2.60 bits per heavy atom. The number of nitrogen functional groups attached to an aromatic ring is 1. The fourth-order valence-electron chi connectivity index (χ4n) is 5.85. The zero-order valence-electron chi connectivity index (χ0n) is 23.6. The number of fused-ring (bicyclic) bond motifs is 2. The summed E-state index contributed by atoms with van der Waals surface area (Å²) in [5.41, 5.74) is 11.9. The smallest absolute Gasteiger partial charge is 0.334 e. The van der Waals surface area contributed by atoms with Gasteiger partial charge in [0.25, 0.3) is 0 Å². The molecule has 3 aromatic carbocycles. The van der Waals surface area contributed by atoms with Gasteiger partial charge in [-0.25, -0.2) is 19.8 Å². The van der Waals surface area contributed by atoms with E-state index >= 15 is 0 Å². The van der Waals surface area contributed by atoms with Gasteiger partial charge in [0.05, 0.1) is 28.8 Å². The molecule has 4 amide bonds. The minimum Gasteiger partial charge on any atom is -0.399 e. The minimum absolute atomic E-state index is 0.0507. The number of benzene rings is 3. The Morgan fingerprint density at radius 1 is 1.05 bits per heavy atom. The van der Waals surface area contributed by atoms with Crippen LogP contribution in [-0.4, -0.2) is 74.5 Å². The number of anilines is 1. The van der Waals surface area contributed by atoms with E-state index in [9.17, 15) is 14.4 Å². The summed E-state index contributed by atoms with van der Waals surface area (Å²) in [4.78, 5) is 49.7. The molecule has 1 aromatic heterocycles. The van der Waals surface area contributed by atoms with Crippen molar-refractivity contribution in [1.82, 2.24) is 30.1 Å². The predicted octanol–water partition coefficient (Wildman–Crippen LogP) is 3.62. The molecule has 0 saturated carbocycles. The largest absolute Gasteiger partial charge is 0.399 e. The van der Waals surface area contributed by atoms with Gasteiger partial charge in [-0.1, -0.05) is 60.7 Å². The number of para-hydroxylation sites is 1. The van der Waals surface area contributed by atoms with E-state index in [1.54, 1.807) is 54.9 Å². The maximum atomic E-state index is 14.2. The van der Waals surface area contributed by atoms with Gasteiger partial charge in [0.15, 0.2) is 0 Å². The van der Waals surface area contributed by atoms with Gasteiger partial charge in [-0.15, -0.1) is 17.9 Å². The molecule has 6 rings (SSSR count). The molecule has 0 spiro atoms. The lowest BCUT2D eigenvalue weighted by molar-refractivity contribution is -0.189. The highest BCUT2D eigenvalue weighted by Crippen LogP contribution is 2.31. The lowest BCUT2D eigenvalue weighted by atomic mass is 9.98. The standard InChI is InChI=1S/C32H33N7O3S/c1-2-15-37-20-29(40)38-26(16-22-11-13-25(33)14-12-22)31(41)36(18-24-9-6-10-27-30(24)35-21-43-27)19-28(38)39(37)32(42)34-17-23-7-4-3-5-8-23/h2-14,21,26,28H,1,15-20,33H2,(H,34,42)/t26-,28-/m0/s1. The van der Waals surface area contributed by atoms with Gasteiger partial charge in [-0.3, -0.25) is 9.59 Å². The molecule has 2 aliphatic rings. The summed E-state index contributed by atoms with van der Waals surface area (Å²) >= 11 is 1.55. The van der Waals surface area contributed by atoms with Crippen molar-refractivity contribution in [3.8, 4) is 0 Å². The Kier molecular flexibility index (Phi) is 8.08. The number of nitrogens with two attached hydrogens (primary N) is 1. The molecular weight excluding hydrogens is 562 g/mol. The number of amides is 4. The van der Waals surface area contributed by atoms with Crippen molar-refractivity contribution in [1.29, 1.82) is 0 Å². The molecule has 3 N–H and O–H groups in total. The molecule has 0 bridgehead atoms. The van der Waals surface area contributed by atoms with Gasteiger partial charge >= 0.3 is 6.03 Å². The number of hydrogen-bond donors (Lipinski definition) is 2. The molecule has 3 heterocycles. The second kappa shape index (κ2) is 12.2. The molecule has 10 nitrogen and oxygen atoms in total. The molecular formula is C32H33N7O3S. The highest BCUT2D eigenvalue weighted by molar-refractivity contribution is 7.16. The Balaban J connectivity index is 1.36. The summed E-state index contributed by atoms with van der Waals surface area (Å²) in [6.45, 7) is 4.87. The van der Waals surface area contributed by atoms with Gasteiger partial charge in [-0.2, -0.15) is 0 Å². The van der Waals surface area contributed by atoms with E-state index in [1.807, 2.05) is 60.7 Å². The van der Waals surface area contributed by atoms with Crippen LogP contribution in [0.5, 0.6) is 0 Å². The fraction of sp³-hybridized carbons (Fsp3) is 0.250. The highest BCUT2D eigenvalue weighted by atomic mass is 32.1. The van der Waals surface area contributed by atoms with E-state index in [4.69, 9.17) is 5.73 Å². The van der Waals surface area contributed by atoms with Gasteiger partial charge in [0, 0.05) is 31.7 Å². The van der Waals surface area contributed by atoms with Gasteiger partial charge in [-0.05, 0) is 34.9 Å². The summed E-state index contributed by atoms with van der Waals surface area (Å²) in [5.74, 6) is -0.385. The molecule has 4 aromatic rings. The quantitative estimate of drug-likeness (QED) is 0.238. The monoisotopic (exact) mass is 595 g/mol. The Labute approximate surface area is 254 Å². The molecule has 2 aliphatic heterocycles. The minimum atomic E-state index is -0.806. The van der Waals surface area contributed by atoms with Crippen LogP contribution in [0.25, 0.3) is 10.2 Å². The molecule has 11 heteroatoms. The van der Waals surface area contributed by atoms with Crippen LogP contribution < -0.4 is 11.1 Å². The van der Waals surface area contributed by atoms with Crippen molar-refractivity contribution < 1.29 is 14.4 Å². The third-order valence-electron chi connectivity index (χ3n) is 7.88. The van der Waals surface area contributed by atoms with Gasteiger partial charge in [0.2, 0.25) is 11.8 Å². The van der Waals surface area contributed by atoms with Crippen molar-refractivity contribution in [2.75, 3.05) is 25.4 Å². The van der Waals surface area contributed by atoms with E-state index in [2.05, 4.69) is 16.9 Å². The first kappa shape index (κ1) is 28.4. The predicted molar refractivity (Wildman–Crippen MR) is 166 cm³/mol. The maximum Gasteiger partial charge on any atom is 0.334 e. The van der Waals surface area contributed by atoms with Gasteiger partial charge in [0.1, 0.15) is 12.2 Å². The van der Waals surface area contributed by atoms with Crippen molar-refractivity contribution in [2.45, 2.75) is 31.7 Å². The SMILES string of the molecule is C=CCN1CC(=O)N2[C@@H](Cc3ccc(N)cc3)C(=O)N(Cc3cccc4scnc34)C[C@@H]2N1C(=O)NCc1ccccc1. The lowest BCUT2D eigenvalue weighted by Gasteiger charge is -2.55. The van der Waals surface area contributed by atoms with Crippen molar-refractivity contribution in [3.63, 3.8) is 0 Å². The topological polar surface area (TPSA) is 115 Å². The number of nitrogens with zero attached hydrogens (tertiary/aromatic N) is 5. The van der Waals surface area contributed by atoms with Crippen molar-refractivity contribution in [2.24, 2.45) is 0 Å². The molecule has 0 aliphatic carbocycles. The third kappa shape index (κ3) is 5.81. The second-order valence-electron chi connectivity index (χ2n) is 10.7. The van der Waals surface area contributed by atoms with Crippen LogP contribution in [0.1, 0.15) is 16.7 Å². The number of hydrogen-bond acceptors (Lipinski definition) is 7. The second-order valence-corrected chi connectivity index (χ2v) is 11.6. The number of hydrazine groups is 1. The Morgan fingerprint density at radius 2 is 1.84 bits per heavy atom. The fourth-order valence-corrected chi connectivity index (χ4v) is 6.58. The summed E-state index contributed by atoms with van der Waals surface area (Å²) in [7, 11) is 0. The molecule has 2 saturated heterocycles. The number of carbonyl (C=O) groups excluding carboxylic acids is 3. The number of nitrogens with one attached hydrogen (secondary N) is 1. The van der Waals surface area contributed by atoms with Crippen LogP contribution in [0.3, 0.4) is 0 Å². The number of carbonyl (C=O) groups is 3. The van der Waals surface area contributed by atoms with Crippen molar-refractivity contribution in [3.05, 3.63) is 108 Å². The van der Waals surface area contributed by atoms with Crippen LogP contribution in [0.4, 0.5) is 10.5 Å². The Hall–Kier alpha value is -4.74. The highest BCUT2D eigenvalue weighted by Gasteiger charge is 2.51. The van der Waals surface area contributed by atoms with E-state index < -0.39 is 12.2 Å². The molecule has 0 unspecified atom stereocenters. The molecule has 2 atom stereocenters. The zero-order valence-corrected chi connectivity index (χ0v) is 24.5. The zero-order chi connectivity index (χ0) is 29.9. The third-order valence-corrected chi connectivity index (χ3v) is 8.67.